The standard InChI is InChI=1S/C21H25N3O2/c1-15-8-9-18(16(2)12-15)21(17-6-5-10-22-13-17)23-19(25)14-24-11-4-3-7-20(24)26/h5-6,8-10,12-13,21H,3-4,7,11,14H2,1-2H3,(H,23,25)/t21-/m1/s1. The summed E-state index contributed by atoms with van der Waals surface area (Å²) in [4.78, 5) is 30.5. The molecule has 136 valence electrons. The normalized spacial score (nSPS) is 15.6. The van der Waals surface area contributed by atoms with Gasteiger partial charge < -0.3 is 10.2 Å². The summed E-state index contributed by atoms with van der Waals surface area (Å²) in [6.07, 6.45) is 5.91. The molecular formula is C21H25N3O2. The Hall–Kier alpha value is -2.69. The highest BCUT2D eigenvalue weighted by atomic mass is 16.2. The van der Waals surface area contributed by atoms with Gasteiger partial charge in [-0.25, -0.2) is 0 Å². The number of amides is 2. The van der Waals surface area contributed by atoms with E-state index in [2.05, 4.69) is 29.4 Å². The Morgan fingerprint density at radius 2 is 2.12 bits per heavy atom. The van der Waals surface area contributed by atoms with Gasteiger partial charge in [0.25, 0.3) is 0 Å². The van der Waals surface area contributed by atoms with E-state index in [9.17, 15) is 9.59 Å². The molecule has 1 fully saturated rings. The van der Waals surface area contributed by atoms with E-state index in [0.717, 1.165) is 29.5 Å². The minimum atomic E-state index is -0.281. The molecule has 0 bridgehead atoms. The lowest BCUT2D eigenvalue weighted by molar-refractivity contribution is -0.138. The molecule has 0 aliphatic carbocycles. The first kappa shape index (κ1) is 18.1. The first-order valence-corrected chi connectivity index (χ1v) is 9.09. The third-order valence-corrected chi connectivity index (χ3v) is 4.82. The van der Waals surface area contributed by atoms with Gasteiger partial charge in [0, 0.05) is 25.4 Å². The molecule has 0 radical (unpaired) electrons. The van der Waals surface area contributed by atoms with Gasteiger partial charge in [-0.15, -0.1) is 0 Å². The van der Waals surface area contributed by atoms with Crippen LogP contribution in [0.2, 0.25) is 0 Å². The first-order valence-electron chi connectivity index (χ1n) is 9.09. The third kappa shape index (κ3) is 4.28. The largest absolute Gasteiger partial charge is 0.344 e. The number of benzene rings is 1. The predicted octanol–water partition coefficient (Wildman–Crippen LogP) is 2.92. The van der Waals surface area contributed by atoms with E-state index in [-0.39, 0.29) is 24.4 Å². The Balaban J connectivity index is 1.82. The average molecular weight is 351 g/mol. The van der Waals surface area contributed by atoms with Crippen molar-refractivity contribution in [1.29, 1.82) is 0 Å². The summed E-state index contributed by atoms with van der Waals surface area (Å²) in [6.45, 7) is 4.87. The molecule has 2 aromatic rings. The number of carbonyl (C=O) groups is 2. The molecule has 1 aromatic heterocycles. The van der Waals surface area contributed by atoms with Crippen LogP contribution >= 0.6 is 0 Å². The molecule has 0 unspecified atom stereocenters. The molecule has 1 atom stereocenters. The summed E-state index contributed by atoms with van der Waals surface area (Å²) < 4.78 is 0. The third-order valence-electron chi connectivity index (χ3n) is 4.82. The van der Waals surface area contributed by atoms with Gasteiger partial charge in [0.2, 0.25) is 11.8 Å². The molecular weight excluding hydrogens is 326 g/mol. The van der Waals surface area contributed by atoms with E-state index in [1.54, 1.807) is 17.3 Å². The van der Waals surface area contributed by atoms with Crippen LogP contribution in [-0.4, -0.2) is 34.8 Å². The van der Waals surface area contributed by atoms with E-state index in [1.807, 2.05) is 25.1 Å². The number of pyridine rings is 1. The second-order valence-corrected chi connectivity index (χ2v) is 6.92. The van der Waals surface area contributed by atoms with E-state index in [0.29, 0.717) is 13.0 Å². The minimum Gasteiger partial charge on any atom is -0.344 e. The van der Waals surface area contributed by atoms with Crippen molar-refractivity contribution in [3.8, 4) is 0 Å². The van der Waals surface area contributed by atoms with Crippen molar-refractivity contribution in [2.24, 2.45) is 0 Å². The van der Waals surface area contributed by atoms with Crippen molar-refractivity contribution in [3.05, 3.63) is 65.0 Å². The molecule has 0 saturated carbocycles. The highest BCUT2D eigenvalue weighted by Gasteiger charge is 2.23. The second-order valence-electron chi connectivity index (χ2n) is 6.92. The van der Waals surface area contributed by atoms with Gasteiger partial charge in [-0.2, -0.15) is 0 Å². The van der Waals surface area contributed by atoms with Gasteiger partial charge >= 0.3 is 0 Å². The summed E-state index contributed by atoms with van der Waals surface area (Å²) in [5.41, 5.74) is 4.27. The first-order chi connectivity index (χ1) is 12.5. The summed E-state index contributed by atoms with van der Waals surface area (Å²) >= 11 is 0. The van der Waals surface area contributed by atoms with Crippen LogP contribution in [-0.2, 0) is 9.59 Å². The van der Waals surface area contributed by atoms with Crippen molar-refractivity contribution in [2.45, 2.75) is 39.2 Å². The van der Waals surface area contributed by atoms with Crippen LogP contribution in [0.4, 0.5) is 0 Å². The summed E-state index contributed by atoms with van der Waals surface area (Å²) in [6, 6.07) is 9.76. The van der Waals surface area contributed by atoms with Crippen molar-refractivity contribution in [1.82, 2.24) is 15.2 Å². The molecule has 1 N–H and O–H groups in total. The van der Waals surface area contributed by atoms with Crippen LogP contribution in [0.5, 0.6) is 0 Å². The molecule has 2 heterocycles. The van der Waals surface area contributed by atoms with Crippen molar-refractivity contribution >= 4 is 11.8 Å². The van der Waals surface area contributed by atoms with Gasteiger partial charge in [0.05, 0.1) is 12.6 Å². The number of piperidine rings is 1. The zero-order chi connectivity index (χ0) is 18.5. The maximum absolute atomic E-state index is 12.7. The predicted molar refractivity (Wildman–Crippen MR) is 101 cm³/mol. The lowest BCUT2D eigenvalue weighted by Gasteiger charge is -2.28. The lowest BCUT2D eigenvalue weighted by Crippen LogP contribution is -2.44. The molecule has 1 aliphatic heterocycles. The number of likely N-dealkylation sites (tertiary alicyclic amines) is 1. The zero-order valence-electron chi connectivity index (χ0n) is 15.4. The number of nitrogens with one attached hydrogen (secondary N) is 1. The number of aromatic nitrogens is 1. The van der Waals surface area contributed by atoms with Gasteiger partial charge in [-0.05, 0) is 49.4 Å². The number of carbonyl (C=O) groups excluding carboxylic acids is 2. The SMILES string of the molecule is Cc1ccc([C@H](NC(=O)CN2CCCCC2=O)c2cccnc2)c(C)c1. The van der Waals surface area contributed by atoms with Crippen LogP contribution in [0.25, 0.3) is 0 Å². The molecule has 26 heavy (non-hydrogen) atoms. The topological polar surface area (TPSA) is 62.3 Å². The fourth-order valence-corrected chi connectivity index (χ4v) is 3.45. The Morgan fingerprint density at radius 1 is 1.27 bits per heavy atom. The fraction of sp³-hybridized carbons (Fsp3) is 0.381. The van der Waals surface area contributed by atoms with E-state index >= 15 is 0 Å². The fourth-order valence-electron chi connectivity index (χ4n) is 3.45. The summed E-state index contributed by atoms with van der Waals surface area (Å²) in [5, 5.41) is 3.10. The highest BCUT2D eigenvalue weighted by Crippen LogP contribution is 2.25. The summed E-state index contributed by atoms with van der Waals surface area (Å²) in [7, 11) is 0. The average Bonchev–Trinajstić information content (AvgIpc) is 2.63. The van der Waals surface area contributed by atoms with Crippen LogP contribution < -0.4 is 5.32 Å². The molecule has 5 nitrogen and oxygen atoms in total. The molecule has 3 rings (SSSR count). The Morgan fingerprint density at radius 3 is 2.81 bits per heavy atom. The van der Waals surface area contributed by atoms with Crippen molar-refractivity contribution < 1.29 is 9.59 Å². The highest BCUT2D eigenvalue weighted by molar-refractivity contribution is 5.85. The van der Waals surface area contributed by atoms with Crippen molar-refractivity contribution in [2.75, 3.05) is 13.1 Å². The van der Waals surface area contributed by atoms with Crippen LogP contribution in [0, 0.1) is 13.8 Å². The smallest absolute Gasteiger partial charge is 0.240 e. The van der Waals surface area contributed by atoms with Gasteiger partial charge in [0.1, 0.15) is 0 Å². The monoisotopic (exact) mass is 351 g/mol. The second kappa shape index (κ2) is 8.13. The zero-order valence-corrected chi connectivity index (χ0v) is 15.4. The number of aryl methyl sites for hydroxylation is 2. The van der Waals surface area contributed by atoms with Crippen LogP contribution in [0.3, 0.4) is 0 Å². The number of hydrogen-bond donors (Lipinski definition) is 1. The quantitative estimate of drug-likeness (QED) is 0.901. The lowest BCUT2D eigenvalue weighted by atomic mass is 9.94. The van der Waals surface area contributed by atoms with E-state index in [1.165, 1.54) is 5.56 Å². The van der Waals surface area contributed by atoms with Gasteiger partial charge in [0.15, 0.2) is 0 Å². The number of hydrogen-bond acceptors (Lipinski definition) is 3. The van der Waals surface area contributed by atoms with Crippen LogP contribution in [0.1, 0.15) is 47.6 Å². The minimum absolute atomic E-state index is 0.0656. The number of rotatable bonds is 5. The Kier molecular flexibility index (Phi) is 5.66. The van der Waals surface area contributed by atoms with Crippen LogP contribution in [0.15, 0.2) is 42.7 Å². The number of nitrogens with zero attached hydrogens (tertiary/aromatic N) is 2. The van der Waals surface area contributed by atoms with E-state index < -0.39 is 0 Å². The molecule has 2 amide bonds. The molecule has 1 aromatic carbocycles. The Labute approximate surface area is 154 Å². The molecule has 0 spiro atoms. The van der Waals surface area contributed by atoms with Gasteiger partial charge in [-0.1, -0.05) is 29.8 Å². The van der Waals surface area contributed by atoms with Crippen molar-refractivity contribution in [3.63, 3.8) is 0 Å². The van der Waals surface area contributed by atoms with E-state index in [4.69, 9.17) is 0 Å². The molecule has 1 aliphatic rings. The molecule has 5 heteroatoms. The van der Waals surface area contributed by atoms with Gasteiger partial charge in [-0.3, -0.25) is 14.6 Å². The Bertz CT molecular complexity index is 789. The molecule has 1 saturated heterocycles. The maximum atomic E-state index is 12.7. The summed E-state index contributed by atoms with van der Waals surface area (Å²) in [5.74, 6) is -0.0788. The maximum Gasteiger partial charge on any atom is 0.240 e.